The third-order valence-corrected chi connectivity index (χ3v) is 4.13. The summed E-state index contributed by atoms with van der Waals surface area (Å²) >= 11 is 0. The molecule has 0 saturated heterocycles. The fourth-order valence-electron chi connectivity index (χ4n) is 1.79. The van der Waals surface area contributed by atoms with Gasteiger partial charge in [-0.1, -0.05) is 49.7 Å². The molecule has 3 N–H and O–H groups in total. The molecule has 2 aromatic carbocycles. The standard InChI is InChI=1S/C14H16O3S.H3N/c1-2-3-11-17-18(15,16)14-10-6-8-12-7-4-5-9-13(12)14;/h4-10H,2-3,11H2,1H3;1H3. The van der Waals surface area contributed by atoms with E-state index in [1.165, 1.54) is 0 Å². The van der Waals surface area contributed by atoms with Crippen molar-refractivity contribution in [3.05, 3.63) is 42.5 Å². The smallest absolute Gasteiger partial charge is 0.297 e. The first-order valence-corrected chi connectivity index (χ1v) is 7.43. The third-order valence-electron chi connectivity index (χ3n) is 2.76. The fraction of sp³-hybridized carbons (Fsp3) is 0.286. The van der Waals surface area contributed by atoms with Crippen LogP contribution in [0.2, 0.25) is 0 Å². The first-order valence-electron chi connectivity index (χ1n) is 6.02. The zero-order chi connectivity index (χ0) is 13.0. The molecule has 5 heteroatoms. The van der Waals surface area contributed by atoms with Gasteiger partial charge in [0.05, 0.1) is 6.61 Å². The van der Waals surface area contributed by atoms with Crippen LogP contribution < -0.4 is 6.15 Å². The molecule has 0 radical (unpaired) electrons. The molecule has 0 aliphatic heterocycles. The molecule has 0 spiro atoms. The van der Waals surface area contributed by atoms with E-state index < -0.39 is 10.1 Å². The van der Waals surface area contributed by atoms with Crippen molar-refractivity contribution in [2.75, 3.05) is 6.61 Å². The average Bonchev–Trinajstić information content (AvgIpc) is 2.38. The molecule has 0 bridgehead atoms. The van der Waals surface area contributed by atoms with Gasteiger partial charge in [-0.2, -0.15) is 8.42 Å². The van der Waals surface area contributed by atoms with Crippen molar-refractivity contribution in [3.63, 3.8) is 0 Å². The van der Waals surface area contributed by atoms with E-state index >= 15 is 0 Å². The van der Waals surface area contributed by atoms with Crippen LogP contribution >= 0.6 is 0 Å². The first kappa shape index (κ1) is 15.6. The first-order chi connectivity index (χ1) is 8.65. The lowest BCUT2D eigenvalue weighted by molar-refractivity contribution is 0.311. The Morgan fingerprint density at radius 1 is 1.05 bits per heavy atom. The highest BCUT2D eigenvalue weighted by Crippen LogP contribution is 2.24. The molecule has 2 rings (SSSR count). The van der Waals surface area contributed by atoms with Gasteiger partial charge in [-0.25, -0.2) is 0 Å². The highest BCUT2D eigenvalue weighted by Gasteiger charge is 2.17. The van der Waals surface area contributed by atoms with E-state index in [0.717, 1.165) is 18.2 Å². The van der Waals surface area contributed by atoms with Crippen LogP contribution in [-0.4, -0.2) is 15.0 Å². The van der Waals surface area contributed by atoms with Crippen molar-refractivity contribution in [2.45, 2.75) is 24.7 Å². The van der Waals surface area contributed by atoms with E-state index in [2.05, 4.69) is 0 Å². The van der Waals surface area contributed by atoms with Crippen molar-refractivity contribution in [1.29, 1.82) is 0 Å². The van der Waals surface area contributed by atoms with Gasteiger partial charge in [0.15, 0.2) is 0 Å². The van der Waals surface area contributed by atoms with Gasteiger partial charge >= 0.3 is 0 Å². The summed E-state index contributed by atoms with van der Waals surface area (Å²) in [4.78, 5) is 0.247. The van der Waals surface area contributed by atoms with Gasteiger partial charge in [0.1, 0.15) is 4.90 Å². The van der Waals surface area contributed by atoms with Crippen LogP contribution in [0.4, 0.5) is 0 Å². The monoisotopic (exact) mass is 281 g/mol. The molecule has 0 amide bonds. The second-order valence-electron chi connectivity index (χ2n) is 4.11. The van der Waals surface area contributed by atoms with Gasteiger partial charge in [-0.3, -0.25) is 4.18 Å². The van der Waals surface area contributed by atoms with Gasteiger partial charge in [0.2, 0.25) is 0 Å². The maximum absolute atomic E-state index is 12.1. The number of benzene rings is 2. The lowest BCUT2D eigenvalue weighted by Crippen LogP contribution is -2.08. The lowest BCUT2D eigenvalue weighted by Gasteiger charge is -2.08. The zero-order valence-electron chi connectivity index (χ0n) is 11.0. The third kappa shape index (κ3) is 3.53. The summed E-state index contributed by atoms with van der Waals surface area (Å²) in [6.07, 6.45) is 1.65. The molecule has 0 aliphatic rings. The van der Waals surface area contributed by atoms with Crippen molar-refractivity contribution in [1.82, 2.24) is 6.15 Å². The second-order valence-corrected chi connectivity index (χ2v) is 5.69. The Kier molecular flexibility index (Phi) is 5.47. The molecule has 0 heterocycles. The Morgan fingerprint density at radius 2 is 1.74 bits per heavy atom. The molecule has 0 unspecified atom stereocenters. The Bertz CT molecular complexity index is 633. The van der Waals surface area contributed by atoms with Crippen molar-refractivity contribution in [3.8, 4) is 0 Å². The summed E-state index contributed by atoms with van der Waals surface area (Å²) < 4.78 is 29.2. The van der Waals surface area contributed by atoms with Crippen molar-refractivity contribution >= 4 is 20.9 Å². The van der Waals surface area contributed by atoms with E-state index in [9.17, 15) is 8.42 Å². The SMILES string of the molecule is CCCCOS(=O)(=O)c1cccc2ccccc12.N. The molecule has 0 fully saturated rings. The Balaban J connectivity index is 0.00000180. The Morgan fingerprint density at radius 3 is 2.47 bits per heavy atom. The topological polar surface area (TPSA) is 78.4 Å². The molecular weight excluding hydrogens is 262 g/mol. The maximum Gasteiger partial charge on any atom is 0.297 e. The Hall–Kier alpha value is -1.43. The van der Waals surface area contributed by atoms with E-state index in [-0.39, 0.29) is 17.7 Å². The molecule has 0 aliphatic carbocycles. The summed E-state index contributed by atoms with van der Waals surface area (Å²) in [7, 11) is -3.66. The van der Waals surface area contributed by atoms with Crippen LogP contribution in [0.3, 0.4) is 0 Å². The van der Waals surface area contributed by atoms with E-state index in [0.29, 0.717) is 5.39 Å². The van der Waals surface area contributed by atoms with Crippen LogP contribution in [0.15, 0.2) is 47.4 Å². The number of hydrogen-bond donors (Lipinski definition) is 1. The van der Waals surface area contributed by atoms with Gasteiger partial charge in [-0.15, -0.1) is 0 Å². The fourth-order valence-corrected chi connectivity index (χ4v) is 2.95. The van der Waals surface area contributed by atoms with Crippen LogP contribution in [0.25, 0.3) is 10.8 Å². The van der Waals surface area contributed by atoms with Gasteiger partial charge in [0, 0.05) is 5.39 Å². The van der Waals surface area contributed by atoms with Crippen LogP contribution in [-0.2, 0) is 14.3 Å². The maximum atomic E-state index is 12.1. The van der Waals surface area contributed by atoms with Gasteiger partial charge in [0.25, 0.3) is 10.1 Å². The summed E-state index contributed by atoms with van der Waals surface area (Å²) in [5.41, 5.74) is 0. The van der Waals surface area contributed by atoms with Crippen LogP contribution in [0.1, 0.15) is 19.8 Å². The van der Waals surface area contributed by atoms with E-state index in [1.54, 1.807) is 18.2 Å². The van der Waals surface area contributed by atoms with Crippen LogP contribution in [0.5, 0.6) is 0 Å². The molecule has 0 saturated carbocycles. The number of hydrogen-bond acceptors (Lipinski definition) is 4. The number of fused-ring (bicyclic) bond motifs is 1. The van der Waals surface area contributed by atoms with Crippen molar-refractivity contribution in [2.24, 2.45) is 0 Å². The summed E-state index contributed by atoms with van der Waals surface area (Å²) in [6, 6.07) is 12.6. The number of unbranched alkanes of at least 4 members (excludes halogenated alkanes) is 1. The second kappa shape index (κ2) is 6.65. The Labute approximate surface area is 114 Å². The quantitative estimate of drug-likeness (QED) is 0.672. The molecule has 104 valence electrons. The molecule has 2 aromatic rings. The lowest BCUT2D eigenvalue weighted by atomic mass is 10.1. The highest BCUT2D eigenvalue weighted by molar-refractivity contribution is 7.87. The number of rotatable bonds is 5. The van der Waals surface area contributed by atoms with Gasteiger partial charge in [-0.05, 0) is 17.9 Å². The summed E-state index contributed by atoms with van der Waals surface area (Å²) in [5, 5.41) is 1.61. The predicted octanol–water partition coefficient (Wildman–Crippen LogP) is 3.51. The molecular formula is C14H19NO3S. The molecule has 0 aromatic heterocycles. The van der Waals surface area contributed by atoms with Crippen molar-refractivity contribution < 1.29 is 12.6 Å². The zero-order valence-corrected chi connectivity index (χ0v) is 11.8. The van der Waals surface area contributed by atoms with E-state index in [4.69, 9.17) is 4.18 Å². The highest BCUT2D eigenvalue weighted by atomic mass is 32.2. The summed E-state index contributed by atoms with van der Waals surface area (Å²) in [5.74, 6) is 0. The largest absolute Gasteiger partial charge is 0.344 e. The molecule has 4 nitrogen and oxygen atoms in total. The molecule has 19 heavy (non-hydrogen) atoms. The minimum absolute atomic E-state index is 0. The van der Waals surface area contributed by atoms with Gasteiger partial charge < -0.3 is 6.15 Å². The normalized spacial score (nSPS) is 11.2. The minimum atomic E-state index is -3.66. The summed E-state index contributed by atoms with van der Waals surface area (Å²) in [6.45, 7) is 2.23. The van der Waals surface area contributed by atoms with Crippen LogP contribution in [0, 0.1) is 0 Å². The van der Waals surface area contributed by atoms with E-state index in [1.807, 2.05) is 31.2 Å². The minimum Gasteiger partial charge on any atom is -0.344 e. The average molecular weight is 281 g/mol. The predicted molar refractivity (Wildman–Crippen MR) is 77.0 cm³/mol. The molecule has 0 atom stereocenters.